The molecule has 1 N–H and O–H groups in total. The van der Waals surface area contributed by atoms with Gasteiger partial charge in [0.05, 0.1) is 34.9 Å². The minimum Gasteiger partial charge on any atom is -0.496 e. The number of benzene rings is 3. The summed E-state index contributed by atoms with van der Waals surface area (Å²) in [6, 6.07) is 20.3. The maximum atomic E-state index is 13.2. The number of carbonyl (C=O) groups excluding carboxylic acids is 1. The van der Waals surface area contributed by atoms with E-state index in [9.17, 15) is 14.9 Å². The van der Waals surface area contributed by atoms with Crippen LogP contribution in [-0.4, -0.2) is 22.9 Å². The first kappa shape index (κ1) is 20.3. The normalized spacial score (nSPS) is 10.6. The third-order valence-corrected chi connectivity index (χ3v) is 5.00. The Kier molecular flexibility index (Phi) is 5.51. The predicted molar refractivity (Wildman–Crippen MR) is 120 cm³/mol. The fraction of sp³-hybridized carbons (Fsp3) is 0.0435. The van der Waals surface area contributed by atoms with E-state index in [0.717, 1.165) is 5.56 Å². The average molecular weight is 434 g/mol. The van der Waals surface area contributed by atoms with Crippen molar-refractivity contribution in [3.8, 4) is 17.0 Å². The van der Waals surface area contributed by atoms with E-state index in [-0.39, 0.29) is 11.4 Å². The summed E-state index contributed by atoms with van der Waals surface area (Å²) in [7, 11) is 1.42. The molecule has 0 aliphatic heterocycles. The maximum absolute atomic E-state index is 13.2. The number of fused-ring (bicyclic) bond motifs is 1. The van der Waals surface area contributed by atoms with Crippen molar-refractivity contribution in [3.05, 3.63) is 93.5 Å². The molecule has 1 aromatic heterocycles. The molecule has 0 bridgehead atoms. The number of hydrogen-bond donors (Lipinski definition) is 1. The van der Waals surface area contributed by atoms with Crippen LogP contribution < -0.4 is 10.1 Å². The number of rotatable bonds is 5. The third kappa shape index (κ3) is 4.17. The summed E-state index contributed by atoms with van der Waals surface area (Å²) in [5.74, 6) is -0.161. The van der Waals surface area contributed by atoms with E-state index in [4.69, 9.17) is 16.3 Å². The van der Waals surface area contributed by atoms with Gasteiger partial charge in [0.1, 0.15) is 11.4 Å². The van der Waals surface area contributed by atoms with Gasteiger partial charge in [-0.1, -0.05) is 41.9 Å². The summed E-state index contributed by atoms with van der Waals surface area (Å²) in [6.45, 7) is 0. The number of carbonyl (C=O) groups is 1. The molecule has 0 unspecified atom stereocenters. The van der Waals surface area contributed by atoms with Crippen LogP contribution in [0.1, 0.15) is 10.4 Å². The third-order valence-electron chi connectivity index (χ3n) is 4.75. The molecule has 0 aliphatic carbocycles. The van der Waals surface area contributed by atoms with E-state index in [2.05, 4.69) is 10.3 Å². The molecule has 31 heavy (non-hydrogen) atoms. The van der Waals surface area contributed by atoms with Crippen LogP contribution in [0.25, 0.3) is 22.2 Å². The van der Waals surface area contributed by atoms with Gasteiger partial charge < -0.3 is 10.1 Å². The second kappa shape index (κ2) is 8.41. The van der Waals surface area contributed by atoms with Gasteiger partial charge in [0.15, 0.2) is 0 Å². The van der Waals surface area contributed by atoms with Crippen molar-refractivity contribution in [2.24, 2.45) is 0 Å². The molecule has 4 rings (SSSR count). The van der Waals surface area contributed by atoms with Crippen LogP contribution in [0.15, 0.2) is 72.8 Å². The lowest BCUT2D eigenvalue weighted by Crippen LogP contribution is -2.14. The van der Waals surface area contributed by atoms with Crippen LogP contribution >= 0.6 is 11.6 Å². The van der Waals surface area contributed by atoms with Gasteiger partial charge in [-0.3, -0.25) is 14.9 Å². The van der Waals surface area contributed by atoms with E-state index in [1.807, 2.05) is 18.2 Å². The fourth-order valence-corrected chi connectivity index (χ4v) is 3.34. The van der Waals surface area contributed by atoms with Gasteiger partial charge >= 0.3 is 0 Å². The molecular weight excluding hydrogens is 418 g/mol. The minimum atomic E-state index is -0.568. The summed E-state index contributed by atoms with van der Waals surface area (Å²) in [5, 5.41) is 15.3. The maximum Gasteiger partial charge on any atom is 0.296 e. The summed E-state index contributed by atoms with van der Waals surface area (Å²) in [6.07, 6.45) is 0. The van der Waals surface area contributed by atoms with Crippen molar-refractivity contribution in [2.75, 3.05) is 12.4 Å². The second-order valence-electron chi connectivity index (χ2n) is 6.67. The van der Waals surface area contributed by atoms with Crippen molar-refractivity contribution in [3.63, 3.8) is 0 Å². The Labute approximate surface area is 182 Å². The molecule has 0 saturated heterocycles. The van der Waals surface area contributed by atoms with E-state index < -0.39 is 10.8 Å². The highest BCUT2D eigenvalue weighted by Gasteiger charge is 2.20. The van der Waals surface area contributed by atoms with Gasteiger partial charge in [0, 0.05) is 16.0 Å². The standard InChI is InChI=1S/C23H16ClN3O4/c1-31-16-10-11-20(22(12-16)27(29)30)26-23(28)18-13-21(14-6-8-15(24)9-7-14)25-19-5-3-2-4-17(18)19/h2-13H,1H3,(H,26,28). The van der Waals surface area contributed by atoms with E-state index in [1.165, 1.54) is 19.2 Å². The lowest BCUT2D eigenvalue weighted by molar-refractivity contribution is -0.384. The Morgan fingerprint density at radius 1 is 1.06 bits per heavy atom. The van der Waals surface area contributed by atoms with E-state index >= 15 is 0 Å². The number of halogens is 1. The first-order chi connectivity index (χ1) is 15.0. The molecule has 154 valence electrons. The Hall–Kier alpha value is -3.97. The summed E-state index contributed by atoms with van der Waals surface area (Å²) >= 11 is 5.98. The van der Waals surface area contributed by atoms with Crippen molar-refractivity contribution in [1.29, 1.82) is 0 Å². The highest BCUT2D eigenvalue weighted by atomic mass is 35.5. The highest BCUT2D eigenvalue weighted by molar-refractivity contribution is 6.30. The van der Waals surface area contributed by atoms with Crippen molar-refractivity contribution in [2.45, 2.75) is 0 Å². The molecule has 0 saturated carbocycles. The number of pyridine rings is 1. The number of nitrogens with zero attached hydrogens (tertiary/aromatic N) is 2. The van der Waals surface area contributed by atoms with Gasteiger partial charge in [-0.05, 0) is 36.4 Å². The molecule has 0 fully saturated rings. The minimum absolute atomic E-state index is 0.0738. The quantitative estimate of drug-likeness (QED) is 0.320. The molecular formula is C23H16ClN3O4. The lowest BCUT2D eigenvalue weighted by atomic mass is 10.0. The van der Waals surface area contributed by atoms with Gasteiger partial charge in [0.25, 0.3) is 11.6 Å². The number of hydrogen-bond acceptors (Lipinski definition) is 5. The van der Waals surface area contributed by atoms with Crippen LogP contribution in [0.5, 0.6) is 5.75 Å². The Morgan fingerprint density at radius 3 is 2.52 bits per heavy atom. The molecule has 7 nitrogen and oxygen atoms in total. The van der Waals surface area contributed by atoms with E-state index in [0.29, 0.717) is 32.9 Å². The molecule has 0 aliphatic rings. The molecule has 0 radical (unpaired) electrons. The number of nitro benzene ring substituents is 1. The first-order valence-corrected chi connectivity index (χ1v) is 9.63. The number of amides is 1. The van der Waals surface area contributed by atoms with Crippen molar-refractivity contribution in [1.82, 2.24) is 4.98 Å². The van der Waals surface area contributed by atoms with Crippen LogP contribution in [0.4, 0.5) is 11.4 Å². The fourth-order valence-electron chi connectivity index (χ4n) is 3.22. The zero-order chi connectivity index (χ0) is 22.0. The largest absolute Gasteiger partial charge is 0.496 e. The summed E-state index contributed by atoms with van der Waals surface area (Å²) in [5.41, 5.74) is 2.17. The topological polar surface area (TPSA) is 94.4 Å². The van der Waals surface area contributed by atoms with Gasteiger partial charge in [0.2, 0.25) is 0 Å². The molecule has 0 spiro atoms. The van der Waals surface area contributed by atoms with Gasteiger partial charge in [-0.15, -0.1) is 0 Å². The predicted octanol–water partition coefficient (Wildman–Crippen LogP) is 5.72. The molecule has 1 amide bonds. The number of nitro groups is 1. The van der Waals surface area contributed by atoms with E-state index in [1.54, 1.807) is 42.5 Å². The van der Waals surface area contributed by atoms with Gasteiger partial charge in [-0.25, -0.2) is 4.98 Å². The Morgan fingerprint density at radius 2 is 1.81 bits per heavy atom. The molecule has 4 aromatic rings. The van der Waals surface area contributed by atoms with Gasteiger partial charge in [-0.2, -0.15) is 0 Å². The lowest BCUT2D eigenvalue weighted by Gasteiger charge is -2.11. The Balaban J connectivity index is 1.79. The van der Waals surface area contributed by atoms with Crippen molar-refractivity contribution >= 4 is 39.8 Å². The highest BCUT2D eigenvalue weighted by Crippen LogP contribution is 2.31. The number of methoxy groups -OCH3 is 1. The van der Waals surface area contributed by atoms with Crippen molar-refractivity contribution < 1.29 is 14.5 Å². The molecule has 3 aromatic carbocycles. The number of para-hydroxylation sites is 1. The molecule has 8 heteroatoms. The SMILES string of the molecule is COc1ccc(NC(=O)c2cc(-c3ccc(Cl)cc3)nc3ccccc23)c([N+](=O)[O-])c1. The average Bonchev–Trinajstić information content (AvgIpc) is 2.78. The summed E-state index contributed by atoms with van der Waals surface area (Å²) in [4.78, 5) is 28.7. The number of ether oxygens (including phenoxy) is 1. The van der Waals surface area contributed by atoms with Crippen LogP contribution in [0, 0.1) is 10.1 Å². The van der Waals surface area contributed by atoms with Crippen LogP contribution in [0.2, 0.25) is 5.02 Å². The van der Waals surface area contributed by atoms with Crippen LogP contribution in [-0.2, 0) is 0 Å². The monoisotopic (exact) mass is 433 g/mol. The molecule has 0 atom stereocenters. The zero-order valence-electron chi connectivity index (χ0n) is 16.3. The number of aromatic nitrogens is 1. The number of nitrogens with one attached hydrogen (secondary N) is 1. The first-order valence-electron chi connectivity index (χ1n) is 9.26. The zero-order valence-corrected chi connectivity index (χ0v) is 17.1. The second-order valence-corrected chi connectivity index (χ2v) is 7.11. The molecule has 1 heterocycles. The Bertz CT molecular complexity index is 1310. The number of anilines is 1. The van der Waals surface area contributed by atoms with Crippen LogP contribution in [0.3, 0.4) is 0 Å². The smallest absolute Gasteiger partial charge is 0.296 e. The summed E-state index contributed by atoms with van der Waals surface area (Å²) < 4.78 is 5.05.